The van der Waals surface area contributed by atoms with Crippen LogP contribution < -0.4 is 0 Å². The first kappa shape index (κ1) is 18.6. The minimum Gasteiger partial charge on any atom is -0.206 e. The highest BCUT2D eigenvalue weighted by Crippen LogP contribution is 2.30. The summed E-state index contributed by atoms with van der Waals surface area (Å²) in [6.07, 6.45) is 4.64. The Labute approximate surface area is 158 Å². The van der Waals surface area contributed by atoms with Crippen LogP contribution >= 0.6 is 11.6 Å². The zero-order valence-corrected chi connectivity index (χ0v) is 15.5. The van der Waals surface area contributed by atoms with Gasteiger partial charge in [0, 0.05) is 16.1 Å². The maximum absolute atomic E-state index is 14.6. The highest BCUT2D eigenvalue weighted by molar-refractivity contribution is 6.30. The Morgan fingerprint density at radius 2 is 1.35 bits per heavy atom. The number of aryl methyl sites for hydroxylation is 1. The number of halogens is 3. The van der Waals surface area contributed by atoms with E-state index in [9.17, 15) is 8.78 Å². The molecule has 0 saturated heterocycles. The Balaban J connectivity index is 1.83. The van der Waals surface area contributed by atoms with Gasteiger partial charge in [0.2, 0.25) is 0 Å². The van der Waals surface area contributed by atoms with Gasteiger partial charge in [-0.1, -0.05) is 67.8 Å². The van der Waals surface area contributed by atoms with E-state index in [-0.39, 0.29) is 5.82 Å². The summed E-state index contributed by atoms with van der Waals surface area (Å²) >= 11 is 5.78. The molecule has 0 aliphatic rings. The average Bonchev–Trinajstić information content (AvgIpc) is 2.63. The summed E-state index contributed by atoms with van der Waals surface area (Å²) in [6, 6.07) is 17.2. The molecule has 26 heavy (non-hydrogen) atoms. The molecule has 0 nitrogen and oxygen atoms in total. The van der Waals surface area contributed by atoms with Crippen molar-refractivity contribution < 1.29 is 8.78 Å². The summed E-state index contributed by atoms with van der Waals surface area (Å²) in [5.74, 6) is -0.823. The minimum absolute atomic E-state index is 0.322. The van der Waals surface area contributed by atoms with Crippen LogP contribution in [0.3, 0.4) is 0 Å². The maximum Gasteiger partial charge on any atom is 0.132 e. The van der Waals surface area contributed by atoms with E-state index in [0.717, 1.165) is 12.0 Å². The van der Waals surface area contributed by atoms with Gasteiger partial charge in [0.1, 0.15) is 11.6 Å². The average molecular weight is 371 g/mol. The fraction of sp³-hybridized carbons (Fsp3) is 0.217. The lowest BCUT2D eigenvalue weighted by atomic mass is 9.98. The fourth-order valence-corrected chi connectivity index (χ4v) is 3.23. The van der Waals surface area contributed by atoms with Gasteiger partial charge in [-0.2, -0.15) is 0 Å². The summed E-state index contributed by atoms with van der Waals surface area (Å²) in [7, 11) is 0. The second-order valence-corrected chi connectivity index (χ2v) is 6.91. The van der Waals surface area contributed by atoms with E-state index >= 15 is 0 Å². The summed E-state index contributed by atoms with van der Waals surface area (Å²) in [5.41, 5.74) is 3.44. The second-order valence-electron chi connectivity index (χ2n) is 6.47. The zero-order chi connectivity index (χ0) is 18.5. The summed E-state index contributed by atoms with van der Waals surface area (Å²) in [6.45, 7) is 2.19. The van der Waals surface area contributed by atoms with E-state index in [1.807, 2.05) is 12.1 Å². The van der Waals surface area contributed by atoms with E-state index in [0.29, 0.717) is 21.7 Å². The van der Waals surface area contributed by atoms with Gasteiger partial charge in [0.25, 0.3) is 0 Å². The number of hydrogen-bond acceptors (Lipinski definition) is 0. The van der Waals surface area contributed by atoms with E-state index in [2.05, 4.69) is 19.1 Å². The molecule has 3 rings (SSSR count). The van der Waals surface area contributed by atoms with Gasteiger partial charge < -0.3 is 0 Å². The Bertz CT molecular complexity index is 885. The zero-order valence-electron chi connectivity index (χ0n) is 14.7. The van der Waals surface area contributed by atoms with E-state index in [4.69, 9.17) is 11.6 Å². The van der Waals surface area contributed by atoms with Gasteiger partial charge >= 0.3 is 0 Å². The fourth-order valence-electron chi connectivity index (χ4n) is 3.07. The van der Waals surface area contributed by atoms with E-state index in [1.54, 1.807) is 24.3 Å². The Hall–Kier alpha value is -2.19. The molecule has 0 heterocycles. The third kappa shape index (κ3) is 4.31. The lowest BCUT2D eigenvalue weighted by molar-refractivity contribution is 0.626. The minimum atomic E-state index is -0.457. The van der Waals surface area contributed by atoms with Crippen molar-refractivity contribution in [1.82, 2.24) is 0 Å². The predicted molar refractivity (Wildman–Crippen MR) is 105 cm³/mol. The molecule has 0 aromatic heterocycles. The molecule has 0 atom stereocenters. The predicted octanol–water partition coefficient (Wildman–Crippen LogP) is 7.68. The molecule has 0 fully saturated rings. The number of benzene rings is 3. The van der Waals surface area contributed by atoms with Crippen LogP contribution in [0, 0.1) is 11.6 Å². The van der Waals surface area contributed by atoms with Gasteiger partial charge in [-0.3, -0.25) is 0 Å². The van der Waals surface area contributed by atoms with Crippen molar-refractivity contribution in [3.8, 4) is 22.3 Å². The third-order valence-electron chi connectivity index (χ3n) is 4.55. The van der Waals surface area contributed by atoms with Crippen molar-refractivity contribution in [2.45, 2.75) is 32.6 Å². The molecular formula is C23H21ClF2. The van der Waals surface area contributed by atoms with E-state index < -0.39 is 5.82 Å². The monoisotopic (exact) mass is 370 g/mol. The maximum atomic E-state index is 14.6. The first-order valence-corrected chi connectivity index (χ1v) is 9.30. The molecule has 0 spiro atoms. The van der Waals surface area contributed by atoms with Gasteiger partial charge in [0.05, 0.1) is 0 Å². The highest BCUT2D eigenvalue weighted by Gasteiger charge is 2.11. The molecular weight excluding hydrogens is 350 g/mol. The SMILES string of the molecule is CCCCCc1ccc(-c2ccc(-c3ccc(Cl)cc3F)cc2F)cc1. The lowest BCUT2D eigenvalue weighted by Gasteiger charge is -2.09. The van der Waals surface area contributed by atoms with Gasteiger partial charge in [0.15, 0.2) is 0 Å². The van der Waals surface area contributed by atoms with Gasteiger partial charge in [-0.25, -0.2) is 8.78 Å². The molecule has 0 N–H and O–H groups in total. The number of rotatable bonds is 6. The first-order valence-electron chi connectivity index (χ1n) is 8.93. The Kier molecular flexibility index (Phi) is 6.05. The topological polar surface area (TPSA) is 0 Å². The van der Waals surface area contributed by atoms with Crippen molar-refractivity contribution >= 4 is 11.6 Å². The molecule has 0 saturated carbocycles. The molecule has 0 amide bonds. The molecule has 3 aromatic rings. The van der Waals surface area contributed by atoms with Crippen molar-refractivity contribution in [3.63, 3.8) is 0 Å². The molecule has 3 heteroatoms. The Morgan fingerprint density at radius 1 is 0.731 bits per heavy atom. The van der Waals surface area contributed by atoms with Gasteiger partial charge in [-0.05, 0) is 53.8 Å². The second kappa shape index (κ2) is 8.46. The summed E-state index contributed by atoms with van der Waals surface area (Å²) in [4.78, 5) is 0. The van der Waals surface area contributed by atoms with Crippen LogP contribution in [-0.4, -0.2) is 0 Å². The molecule has 0 aliphatic carbocycles. The summed E-state index contributed by atoms with van der Waals surface area (Å²) in [5, 5.41) is 0.322. The van der Waals surface area contributed by atoms with Crippen LogP contribution in [0.2, 0.25) is 5.02 Å². The van der Waals surface area contributed by atoms with Crippen LogP contribution in [0.15, 0.2) is 60.7 Å². The smallest absolute Gasteiger partial charge is 0.132 e. The van der Waals surface area contributed by atoms with Crippen molar-refractivity contribution in [3.05, 3.63) is 82.9 Å². The third-order valence-corrected chi connectivity index (χ3v) is 4.78. The Morgan fingerprint density at radius 3 is 2.00 bits per heavy atom. The quantitative estimate of drug-likeness (QED) is 0.390. The number of hydrogen-bond donors (Lipinski definition) is 0. The normalized spacial score (nSPS) is 10.9. The number of unbranched alkanes of at least 4 members (excludes halogenated alkanes) is 2. The van der Waals surface area contributed by atoms with Gasteiger partial charge in [-0.15, -0.1) is 0 Å². The highest BCUT2D eigenvalue weighted by atomic mass is 35.5. The van der Waals surface area contributed by atoms with Crippen LogP contribution in [0.1, 0.15) is 31.7 Å². The van der Waals surface area contributed by atoms with Crippen LogP contribution in [0.5, 0.6) is 0 Å². The van der Waals surface area contributed by atoms with E-state index in [1.165, 1.54) is 37.0 Å². The van der Waals surface area contributed by atoms with Crippen LogP contribution in [-0.2, 0) is 6.42 Å². The molecule has 134 valence electrons. The largest absolute Gasteiger partial charge is 0.206 e. The summed E-state index contributed by atoms with van der Waals surface area (Å²) < 4.78 is 28.7. The standard InChI is InChI=1S/C23H21ClF2/c1-2-3-4-5-16-6-8-17(9-7-16)20-12-10-18(14-22(20)25)21-13-11-19(24)15-23(21)26/h6-15H,2-5H2,1H3. The van der Waals surface area contributed by atoms with Crippen molar-refractivity contribution in [2.24, 2.45) is 0 Å². The van der Waals surface area contributed by atoms with Crippen LogP contribution in [0.4, 0.5) is 8.78 Å². The van der Waals surface area contributed by atoms with Crippen LogP contribution in [0.25, 0.3) is 22.3 Å². The lowest BCUT2D eigenvalue weighted by Crippen LogP contribution is -1.90. The molecule has 0 radical (unpaired) electrons. The molecule has 0 unspecified atom stereocenters. The van der Waals surface area contributed by atoms with Crippen molar-refractivity contribution in [1.29, 1.82) is 0 Å². The molecule has 0 bridgehead atoms. The molecule has 3 aromatic carbocycles. The van der Waals surface area contributed by atoms with Crippen molar-refractivity contribution in [2.75, 3.05) is 0 Å². The molecule has 0 aliphatic heterocycles. The first-order chi connectivity index (χ1) is 12.6.